The van der Waals surface area contributed by atoms with Crippen LogP contribution in [0.4, 0.5) is 10.1 Å². The summed E-state index contributed by atoms with van der Waals surface area (Å²) in [5.74, 6) is -0.400. The van der Waals surface area contributed by atoms with Crippen LogP contribution in [0.15, 0.2) is 12.1 Å². The van der Waals surface area contributed by atoms with E-state index in [-0.39, 0.29) is 23.9 Å². The normalized spacial score (nSPS) is 21.1. The molecule has 1 aromatic carbocycles. The standard InChI is InChI=1S/C15H18FNO2/c16-12-7-11(6-10-8-13(18)17-14(10)12)15(19)9-4-2-1-3-5-9/h6-7,9,15,19H,1-5,8H2,(H,17,18). The first kappa shape index (κ1) is 12.6. The molecule has 3 rings (SSSR count). The van der Waals surface area contributed by atoms with E-state index in [1.165, 1.54) is 12.5 Å². The molecule has 1 aromatic rings. The predicted molar refractivity (Wildman–Crippen MR) is 70.3 cm³/mol. The molecule has 0 spiro atoms. The van der Waals surface area contributed by atoms with Crippen LogP contribution in [0, 0.1) is 11.7 Å². The SMILES string of the molecule is O=C1Cc2cc(C(O)C3CCCCC3)cc(F)c2N1. The highest BCUT2D eigenvalue weighted by Crippen LogP contribution is 2.37. The van der Waals surface area contributed by atoms with Gasteiger partial charge in [-0.3, -0.25) is 4.79 Å². The van der Waals surface area contributed by atoms with Gasteiger partial charge in [-0.05, 0) is 36.0 Å². The minimum atomic E-state index is -0.615. The van der Waals surface area contributed by atoms with Crippen molar-refractivity contribution in [2.24, 2.45) is 5.92 Å². The second-order valence-electron chi connectivity index (χ2n) is 5.60. The molecule has 1 amide bonds. The molecule has 2 N–H and O–H groups in total. The molecule has 0 aromatic heterocycles. The number of benzene rings is 1. The zero-order chi connectivity index (χ0) is 13.4. The van der Waals surface area contributed by atoms with Crippen LogP contribution >= 0.6 is 0 Å². The minimum Gasteiger partial charge on any atom is -0.388 e. The fourth-order valence-electron chi connectivity index (χ4n) is 3.22. The highest BCUT2D eigenvalue weighted by atomic mass is 19.1. The van der Waals surface area contributed by atoms with Crippen molar-refractivity contribution in [2.75, 3.05) is 5.32 Å². The lowest BCUT2D eigenvalue weighted by molar-refractivity contribution is -0.115. The Kier molecular flexibility index (Phi) is 3.27. The molecule has 0 bridgehead atoms. The maximum absolute atomic E-state index is 13.9. The van der Waals surface area contributed by atoms with Crippen LogP contribution in [0.3, 0.4) is 0 Å². The Bertz CT molecular complexity index is 509. The average Bonchev–Trinajstić information content (AvgIpc) is 2.80. The van der Waals surface area contributed by atoms with E-state index >= 15 is 0 Å². The minimum absolute atomic E-state index is 0.182. The predicted octanol–water partition coefficient (Wildman–Crippen LogP) is 2.93. The number of aliphatic hydroxyl groups is 1. The second-order valence-corrected chi connectivity index (χ2v) is 5.60. The molecule has 0 saturated heterocycles. The Morgan fingerprint density at radius 3 is 2.74 bits per heavy atom. The number of rotatable bonds is 2. The lowest BCUT2D eigenvalue weighted by Gasteiger charge is -2.27. The van der Waals surface area contributed by atoms with Gasteiger partial charge >= 0.3 is 0 Å². The molecule has 1 heterocycles. The Morgan fingerprint density at radius 1 is 1.26 bits per heavy atom. The summed E-state index contributed by atoms with van der Waals surface area (Å²) in [4.78, 5) is 11.3. The molecule has 1 aliphatic heterocycles. The third kappa shape index (κ3) is 2.37. The van der Waals surface area contributed by atoms with E-state index in [4.69, 9.17) is 0 Å². The number of amides is 1. The summed E-state index contributed by atoms with van der Waals surface area (Å²) < 4.78 is 13.9. The third-order valence-corrected chi connectivity index (χ3v) is 4.25. The zero-order valence-corrected chi connectivity index (χ0v) is 10.8. The van der Waals surface area contributed by atoms with Crippen molar-refractivity contribution in [1.29, 1.82) is 0 Å². The van der Waals surface area contributed by atoms with Gasteiger partial charge in [0, 0.05) is 0 Å². The van der Waals surface area contributed by atoms with Crippen LogP contribution in [0.5, 0.6) is 0 Å². The molecule has 1 fully saturated rings. The molecule has 19 heavy (non-hydrogen) atoms. The van der Waals surface area contributed by atoms with Gasteiger partial charge < -0.3 is 10.4 Å². The summed E-state index contributed by atoms with van der Waals surface area (Å²) in [6.07, 6.45) is 5.08. The Balaban J connectivity index is 1.87. The van der Waals surface area contributed by atoms with E-state index < -0.39 is 11.9 Å². The van der Waals surface area contributed by atoms with Gasteiger partial charge in [-0.2, -0.15) is 0 Å². The van der Waals surface area contributed by atoms with E-state index in [1.54, 1.807) is 6.07 Å². The van der Waals surface area contributed by atoms with Gasteiger partial charge in [-0.25, -0.2) is 4.39 Å². The summed E-state index contributed by atoms with van der Waals surface area (Å²) in [6.45, 7) is 0. The quantitative estimate of drug-likeness (QED) is 0.862. The van der Waals surface area contributed by atoms with Crippen molar-refractivity contribution in [3.05, 3.63) is 29.1 Å². The molecule has 1 atom stereocenters. The largest absolute Gasteiger partial charge is 0.388 e. The summed E-state index contributed by atoms with van der Waals surface area (Å²) >= 11 is 0. The number of anilines is 1. The van der Waals surface area contributed by atoms with Crippen molar-refractivity contribution < 1.29 is 14.3 Å². The van der Waals surface area contributed by atoms with Gasteiger partial charge in [0.25, 0.3) is 0 Å². The van der Waals surface area contributed by atoms with Crippen LogP contribution < -0.4 is 5.32 Å². The number of aliphatic hydroxyl groups excluding tert-OH is 1. The summed E-state index contributed by atoms with van der Waals surface area (Å²) in [7, 11) is 0. The number of hydrogen-bond acceptors (Lipinski definition) is 2. The molecule has 1 aliphatic carbocycles. The molecule has 4 heteroatoms. The zero-order valence-electron chi connectivity index (χ0n) is 10.8. The summed E-state index contributed by atoms with van der Waals surface area (Å²) in [5, 5.41) is 12.9. The molecule has 1 saturated carbocycles. The topological polar surface area (TPSA) is 49.3 Å². The van der Waals surface area contributed by atoms with Crippen LogP contribution in [0.25, 0.3) is 0 Å². The van der Waals surface area contributed by atoms with Crippen molar-refractivity contribution in [1.82, 2.24) is 0 Å². The Labute approximate surface area is 111 Å². The van der Waals surface area contributed by atoms with Gasteiger partial charge in [0.1, 0.15) is 5.82 Å². The lowest BCUT2D eigenvalue weighted by atomic mass is 9.82. The Hall–Kier alpha value is -1.42. The molecule has 2 aliphatic rings. The molecule has 1 unspecified atom stereocenters. The average molecular weight is 263 g/mol. The smallest absolute Gasteiger partial charge is 0.228 e. The van der Waals surface area contributed by atoms with E-state index in [9.17, 15) is 14.3 Å². The van der Waals surface area contributed by atoms with E-state index in [2.05, 4.69) is 5.32 Å². The summed E-state index contributed by atoms with van der Waals surface area (Å²) in [5.41, 5.74) is 1.55. The maximum Gasteiger partial charge on any atom is 0.228 e. The third-order valence-electron chi connectivity index (χ3n) is 4.25. The lowest BCUT2D eigenvalue weighted by Crippen LogP contribution is -2.16. The van der Waals surface area contributed by atoms with E-state index in [1.807, 2.05) is 0 Å². The fourth-order valence-corrected chi connectivity index (χ4v) is 3.22. The van der Waals surface area contributed by atoms with Gasteiger partial charge in [0.2, 0.25) is 5.91 Å². The van der Waals surface area contributed by atoms with Crippen LogP contribution in [-0.4, -0.2) is 11.0 Å². The van der Waals surface area contributed by atoms with Crippen molar-refractivity contribution in [3.8, 4) is 0 Å². The number of halogens is 1. The van der Waals surface area contributed by atoms with E-state index in [0.29, 0.717) is 11.1 Å². The van der Waals surface area contributed by atoms with Crippen molar-refractivity contribution in [2.45, 2.75) is 44.6 Å². The highest BCUT2D eigenvalue weighted by Gasteiger charge is 2.27. The monoisotopic (exact) mass is 263 g/mol. The van der Waals surface area contributed by atoms with E-state index in [0.717, 1.165) is 25.7 Å². The number of carbonyl (C=O) groups excluding carboxylic acids is 1. The number of hydrogen-bond donors (Lipinski definition) is 2. The molecule has 102 valence electrons. The summed E-state index contributed by atoms with van der Waals surface area (Å²) in [6, 6.07) is 3.14. The molecular weight excluding hydrogens is 245 g/mol. The number of nitrogens with one attached hydrogen (secondary N) is 1. The maximum atomic E-state index is 13.9. The van der Waals surface area contributed by atoms with Gasteiger partial charge in [0.05, 0.1) is 18.2 Å². The van der Waals surface area contributed by atoms with Crippen molar-refractivity contribution in [3.63, 3.8) is 0 Å². The van der Waals surface area contributed by atoms with Crippen LogP contribution in [0.1, 0.15) is 49.3 Å². The van der Waals surface area contributed by atoms with Crippen LogP contribution in [-0.2, 0) is 11.2 Å². The first-order valence-electron chi connectivity index (χ1n) is 6.95. The highest BCUT2D eigenvalue weighted by molar-refractivity contribution is 5.99. The fraction of sp³-hybridized carbons (Fsp3) is 0.533. The molecule has 0 radical (unpaired) electrons. The van der Waals surface area contributed by atoms with Crippen molar-refractivity contribution >= 4 is 11.6 Å². The number of fused-ring (bicyclic) bond motifs is 1. The van der Waals surface area contributed by atoms with Gasteiger partial charge in [-0.1, -0.05) is 25.3 Å². The Morgan fingerprint density at radius 2 is 2.00 bits per heavy atom. The molecule has 3 nitrogen and oxygen atoms in total. The van der Waals surface area contributed by atoms with Gasteiger partial charge in [-0.15, -0.1) is 0 Å². The first-order chi connectivity index (χ1) is 9.15. The van der Waals surface area contributed by atoms with Gasteiger partial charge in [0.15, 0.2) is 0 Å². The second kappa shape index (κ2) is 4.93. The molecular formula is C15H18FNO2. The van der Waals surface area contributed by atoms with Crippen LogP contribution in [0.2, 0.25) is 0 Å². The first-order valence-corrected chi connectivity index (χ1v) is 6.95. The number of carbonyl (C=O) groups is 1.